The lowest BCUT2D eigenvalue weighted by Crippen LogP contribution is -2.32. The van der Waals surface area contributed by atoms with Crippen molar-refractivity contribution < 1.29 is 18.3 Å². The molecule has 1 aliphatic heterocycles. The number of benzene rings is 3. The SMILES string of the molecule is COc1ccc(CCN2C(=O)c3oc4cc(C)c(Cl)cc4c(=O)c3[C@@H]2c2ccccc2F)cc1. The fourth-order valence-corrected chi connectivity index (χ4v) is 4.60. The Kier molecular flexibility index (Phi) is 5.62. The molecule has 2 heterocycles. The average molecular weight is 478 g/mol. The fraction of sp³-hybridized carbons (Fsp3) is 0.185. The molecule has 0 fully saturated rings. The van der Waals surface area contributed by atoms with Crippen molar-refractivity contribution >= 4 is 28.5 Å². The minimum atomic E-state index is -0.900. The Labute approximate surface area is 200 Å². The molecule has 0 saturated heterocycles. The van der Waals surface area contributed by atoms with Crippen molar-refractivity contribution in [3.8, 4) is 5.75 Å². The van der Waals surface area contributed by atoms with Gasteiger partial charge in [0.1, 0.15) is 17.1 Å². The van der Waals surface area contributed by atoms with E-state index >= 15 is 0 Å². The Morgan fingerprint density at radius 3 is 2.53 bits per heavy atom. The summed E-state index contributed by atoms with van der Waals surface area (Å²) in [7, 11) is 1.59. The molecule has 0 unspecified atom stereocenters. The van der Waals surface area contributed by atoms with Crippen LogP contribution in [0.4, 0.5) is 4.39 Å². The van der Waals surface area contributed by atoms with Gasteiger partial charge in [-0.3, -0.25) is 9.59 Å². The fourth-order valence-electron chi connectivity index (χ4n) is 4.43. The number of fused-ring (bicyclic) bond motifs is 2. The number of halogens is 2. The molecule has 4 aromatic rings. The van der Waals surface area contributed by atoms with Crippen molar-refractivity contribution in [1.29, 1.82) is 0 Å². The zero-order valence-corrected chi connectivity index (χ0v) is 19.4. The van der Waals surface area contributed by atoms with Crippen molar-refractivity contribution in [2.75, 3.05) is 13.7 Å². The predicted molar refractivity (Wildman–Crippen MR) is 128 cm³/mol. The summed E-state index contributed by atoms with van der Waals surface area (Å²) in [5.41, 5.74) is 1.98. The highest BCUT2D eigenvalue weighted by Crippen LogP contribution is 2.39. The zero-order valence-electron chi connectivity index (χ0n) is 18.6. The van der Waals surface area contributed by atoms with Gasteiger partial charge in [0.2, 0.25) is 5.76 Å². The van der Waals surface area contributed by atoms with E-state index < -0.39 is 17.8 Å². The molecule has 0 bridgehead atoms. The van der Waals surface area contributed by atoms with E-state index in [2.05, 4.69) is 0 Å². The van der Waals surface area contributed by atoms with Gasteiger partial charge in [-0.15, -0.1) is 0 Å². The van der Waals surface area contributed by atoms with Crippen LogP contribution in [-0.4, -0.2) is 24.5 Å². The highest BCUT2D eigenvalue weighted by atomic mass is 35.5. The van der Waals surface area contributed by atoms with Gasteiger partial charge < -0.3 is 14.1 Å². The monoisotopic (exact) mass is 477 g/mol. The number of amides is 1. The highest BCUT2D eigenvalue weighted by molar-refractivity contribution is 6.32. The first-order chi connectivity index (χ1) is 16.4. The van der Waals surface area contributed by atoms with Crippen LogP contribution in [0.3, 0.4) is 0 Å². The van der Waals surface area contributed by atoms with E-state index in [4.69, 9.17) is 20.8 Å². The Morgan fingerprint density at radius 2 is 1.82 bits per heavy atom. The first kappa shape index (κ1) is 22.2. The number of hydrogen-bond acceptors (Lipinski definition) is 4. The van der Waals surface area contributed by atoms with Gasteiger partial charge >= 0.3 is 0 Å². The van der Waals surface area contributed by atoms with Gasteiger partial charge in [-0.2, -0.15) is 0 Å². The first-order valence-corrected chi connectivity index (χ1v) is 11.2. The van der Waals surface area contributed by atoms with E-state index in [9.17, 15) is 14.0 Å². The number of ether oxygens (including phenoxy) is 1. The standard InChI is InChI=1S/C27H21ClFNO4/c1-15-13-22-19(14-20(15)28)25(31)23-24(18-5-3-4-6-21(18)29)30(27(32)26(23)34-22)12-11-16-7-9-17(33-2)10-8-16/h3-10,13-14,24H,11-12H2,1-2H3/t24-/m0/s1. The minimum Gasteiger partial charge on any atom is -0.497 e. The maximum atomic E-state index is 14.9. The summed E-state index contributed by atoms with van der Waals surface area (Å²) in [4.78, 5) is 28.6. The smallest absolute Gasteiger partial charge is 0.290 e. The number of methoxy groups -OCH3 is 1. The first-order valence-electron chi connectivity index (χ1n) is 10.8. The second kappa shape index (κ2) is 8.61. The van der Waals surface area contributed by atoms with E-state index in [-0.39, 0.29) is 39.8 Å². The third kappa shape index (κ3) is 3.64. The van der Waals surface area contributed by atoms with Crippen LogP contribution in [0.25, 0.3) is 11.0 Å². The van der Waals surface area contributed by atoms with Gasteiger partial charge in [0.15, 0.2) is 5.43 Å². The summed E-state index contributed by atoms with van der Waals surface area (Å²) in [6, 6.07) is 16.0. The third-order valence-corrected chi connectivity index (χ3v) is 6.65. The molecule has 5 nitrogen and oxygen atoms in total. The average Bonchev–Trinajstić information content (AvgIpc) is 3.11. The summed E-state index contributed by atoms with van der Waals surface area (Å²) in [5.74, 6) is -0.261. The maximum Gasteiger partial charge on any atom is 0.290 e. The molecule has 34 heavy (non-hydrogen) atoms. The molecule has 0 spiro atoms. The summed E-state index contributed by atoms with van der Waals surface area (Å²) < 4.78 is 26.1. The van der Waals surface area contributed by atoms with Crippen molar-refractivity contribution in [3.05, 3.63) is 110 Å². The third-order valence-electron chi connectivity index (χ3n) is 6.25. The van der Waals surface area contributed by atoms with Crippen LogP contribution >= 0.6 is 11.6 Å². The second-order valence-corrected chi connectivity index (χ2v) is 8.70. The predicted octanol–water partition coefficient (Wildman–Crippen LogP) is 5.69. The van der Waals surface area contributed by atoms with Gasteiger partial charge in [-0.1, -0.05) is 41.9 Å². The van der Waals surface area contributed by atoms with E-state index in [0.29, 0.717) is 11.4 Å². The molecule has 1 amide bonds. The zero-order chi connectivity index (χ0) is 24.0. The van der Waals surface area contributed by atoms with E-state index in [0.717, 1.165) is 16.9 Å². The molecule has 3 aromatic carbocycles. The lowest BCUT2D eigenvalue weighted by atomic mass is 9.97. The highest BCUT2D eigenvalue weighted by Gasteiger charge is 2.43. The molecular formula is C27H21ClFNO4. The molecule has 1 aromatic heterocycles. The molecule has 0 aliphatic carbocycles. The number of aryl methyl sites for hydroxylation is 1. The van der Waals surface area contributed by atoms with Gasteiger partial charge in [0.05, 0.1) is 24.1 Å². The van der Waals surface area contributed by atoms with E-state index in [1.165, 1.54) is 11.0 Å². The summed E-state index contributed by atoms with van der Waals surface area (Å²) >= 11 is 6.26. The summed E-state index contributed by atoms with van der Waals surface area (Å²) in [6.45, 7) is 2.06. The molecule has 0 radical (unpaired) electrons. The number of carbonyl (C=O) groups excluding carboxylic acids is 1. The Morgan fingerprint density at radius 1 is 1.09 bits per heavy atom. The molecule has 1 atom stereocenters. The Hall–Kier alpha value is -3.64. The van der Waals surface area contributed by atoms with Crippen molar-refractivity contribution in [3.63, 3.8) is 0 Å². The lowest BCUT2D eigenvalue weighted by Gasteiger charge is -2.25. The number of carbonyl (C=O) groups is 1. The van der Waals surface area contributed by atoms with Gasteiger partial charge in [0.25, 0.3) is 5.91 Å². The Balaban J connectivity index is 1.63. The molecular weight excluding hydrogens is 457 g/mol. The van der Waals surface area contributed by atoms with Crippen LogP contribution in [-0.2, 0) is 6.42 Å². The van der Waals surface area contributed by atoms with Crippen LogP contribution in [0.2, 0.25) is 5.02 Å². The van der Waals surface area contributed by atoms with E-state index in [1.54, 1.807) is 44.4 Å². The lowest BCUT2D eigenvalue weighted by molar-refractivity contribution is 0.0728. The Bertz CT molecular complexity index is 1480. The number of hydrogen-bond donors (Lipinski definition) is 0. The van der Waals surface area contributed by atoms with E-state index in [1.807, 2.05) is 24.3 Å². The normalized spacial score (nSPS) is 15.1. The van der Waals surface area contributed by atoms with Crippen molar-refractivity contribution in [2.24, 2.45) is 0 Å². The minimum absolute atomic E-state index is 0.0535. The number of nitrogens with zero attached hydrogens (tertiary/aromatic N) is 1. The topological polar surface area (TPSA) is 59.8 Å². The molecule has 0 saturated carbocycles. The van der Waals surface area contributed by atoms with Crippen LogP contribution < -0.4 is 10.2 Å². The molecule has 7 heteroatoms. The van der Waals surface area contributed by atoms with Crippen molar-refractivity contribution in [1.82, 2.24) is 4.90 Å². The molecule has 5 rings (SSSR count). The molecule has 0 N–H and O–H groups in total. The summed E-state index contributed by atoms with van der Waals surface area (Å²) in [6.07, 6.45) is 0.507. The van der Waals surface area contributed by atoms with Crippen LogP contribution in [0.5, 0.6) is 5.75 Å². The quantitative estimate of drug-likeness (QED) is 0.370. The van der Waals surface area contributed by atoms with Crippen LogP contribution in [0.1, 0.15) is 38.9 Å². The van der Waals surface area contributed by atoms with Crippen molar-refractivity contribution in [2.45, 2.75) is 19.4 Å². The largest absolute Gasteiger partial charge is 0.497 e. The van der Waals surface area contributed by atoms with Gasteiger partial charge in [-0.05, 0) is 54.8 Å². The summed E-state index contributed by atoms with van der Waals surface area (Å²) in [5, 5.41) is 0.684. The van der Waals surface area contributed by atoms with Gasteiger partial charge in [-0.25, -0.2) is 4.39 Å². The van der Waals surface area contributed by atoms with Gasteiger partial charge in [0, 0.05) is 17.1 Å². The molecule has 1 aliphatic rings. The van der Waals surface area contributed by atoms with Crippen LogP contribution in [0, 0.1) is 12.7 Å². The maximum absolute atomic E-state index is 14.9. The molecule has 172 valence electrons. The second-order valence-electron chi connectivity index (χ2n) is 8.29. The number of rotatable bonds is 5. The van der Waals surface area contributed by atoms with Crippen LogP contribution in [0.15, 0.2) is 69.9 Å².